The lowest BCUT2D eigenvalue weighted by Crippen LogP contribution is -2.35. The molecule has 0 spiro atoms. The molecule has 25 heavy (non-hydrogen) atoms. The lowest BCUT2D eigenvalue weighted by Gasteiger charge is -2.25. The smallest absolute Gasteiger partial charge is 0.243 e. The summed E-state index contributed by atoms with van der Waals surface area (Å²) in [6.07, 6.45) is 6.35. The van der Waals surface area contributed by atoms with Gasteiger partial charge in [0.15, 0.2) is 0 Å². The number of benzene rings is 1. The van der Waals surface area contributed by atoms with Gasteiger partial charge < -0.3 is 10.1 Å². The second-order valence-corrected chi connectivity index (χ2v) is 8.65. The summed E-state index contributed by atoms with van der Waals surface area (Å²) in [7, 11) is -3.42. The summed E-state index contributed by atoms with van der Waals surface area (Å²) < 4.78 is 32.3. The van der Waals surface area contributed by atoms with Crippen molar-refractivity contribution >= 4 is 21.6 Å². The van der Waals surface area contributed by atoms with Gasteiger partial charge in [-0.1, -0.05) is 6.42 Å². The highest BCUT2D eigenvalue weighted by atomic mass is 32.2. The van der Waals surface area contributed by atoms with Crippen molar-refractivity contribution in [2.45, 2.75) is 55.9 Å². The molecule has 1 aromatic carbocycles. The Balaban J connectivity index is 1.55. The molecule has 1 aromatic rings. The van der Waals surface area contributed by atoms with Crippen LogP contribution in [0.1, 0.15) is 44.9 Å². The van der Waals surface area contributed by atoms with E-state index in [4.69, 9.17) is 4.74 Å². The van der Waals surface area contributed by atoms with Crippen LogP contribution in [0.5, 0.6) is 0 Å². The van der Waals surface area contributed by atoms with Crippen molar-refractivity contribution in [2.24, 2.45) is 0 Å². The number of carbonyl (C=O) groups is 1. The first-order valence-corrected chi connectivity index (χ1v) is 10.5. The van der Waals surface area contributed by atoms with E-state index in [0.29, 0.717) is 25.2 Å². The van der Waals surface area contributed by atoms with Crippen LogP contribution in [0.2, 0.25) is 0 Å². The van der Waals surface area contributed by atoms with Crippen LogP contribution in [0.25, 0.3) is 0 Å². The van der Waals surface area contributed by atoms with E-state index in [2.05, 4.69) is 5.32 Å². The van der Waals surface area contributed by atoms with Crippen LogP contribution >= 0.6 is 0 Å². The number of amides is 1. The summed E-state index contributed by atoms with van der Waals surface area (Å²) in [5, 5.41) is 2.82. The number of anilines is 1. The van der Waals surface area contributed by atoms with Gasteiger partial charge in [0.1, 0.15) is 0 Å². The molecule has 0 bridgehead atoms. The van der Waals surface area contributed by atoms with E-state index in [-0.39, 0.29) is 16.9 Å². The van der Waals surface area contributed by atoms with Gasteiger partial charge in [-0.25, -0.2) is 8.42 Å². The van der Waals surface area contributed by atoms with Crippen molar-refractivity contribution in [3.63, 3.8) is 0 Å². The Hall–Kier alpha value is -1.44. The molecule has 1 atom stereocenters. The van der Waals surface area contributed by atoms with E-state index in [0.717, 1.165) is 45.1 Å². The van der Waals surface area contributed by atoms with Crippen LogP contribution < -0.4 is 5.32 Å². The molecule has 0 aliphatic carbocycles. The van der Waals surface area contributed by atoms with Crippen LogP contribution in [0.4, 0.5) is 5.69 Å². The van der Waals surface area contributed by atoms with Crippen LogP contribution in [-0.4, -0.2) is 44.4 Å². The average Bonchev–Trinajstić information content (AvgIpc) is 3.15. The third-order valence-corrected chi connectivity index (χ3v) is 6.72. The van der Waals surface area contributed by atoms with Crippen LogP contribution in [-0.2, 0) is 19.6 Å². The molecule has 7 heteroatoms. The number of piperidine rings is 1. The fourth-order valence-corrected chi connectivity index (χ4v) is 4.87. The minimum atomic E-state index is -3.42. The first-order valence-electron chi connectivity index (χ1n) is 9.07. The van der Waals surface area contributed by atoms with Gasteiger partial charge in [-0.2, -0.15) is 4.31 Å². The number of hydrogen-bond donors (Lipinski definition) is 1. The number of rotatable bonds is 6. The van der Waals surface area contributed by atoms with Crippen molar-refractivity contribution < 1.29 is 17.9 Å². The molecule has 1 unspecified atom stereocenters. The van der Waals surface area contributed by atoms with E-state index in [1.807, 2.05) is 0 Å². The van der Waals surface area contributed by atoms with Gasteiger partial charge in [-0.15, -0.1) is 0 Å². The van der Waals surface area contributed by atoms with Gasteiger partial charge >= 0.3 is 0 Å². The number of nitrogens with one attached hydrogen (secondary N) is 1. The summed E-state index contributed by atoms with van der Waals surface area (Å²) in [4.78, 5) is 12.3. The third kappa shape index (κ3) is 4.80. The minimum absolute atomic E-state index is 0.0675. The molecule has 138 valence electrons. The highest BCUT2D eigenvalue weighted by Gasteiger charge is 2.25. The zero-order chi connectivity index (χ0) is 17.7. The molecular weight excluding hydrogens is 340 g/mol. The van der Waals surface area contributed by atoms with Crippen LogP contribution in [0.15, 0.2) is 29.2 Å². The first kappa shape index (κ1) is 18.4. The van der Waals surface area contributed by atoms with Crippen LogP contribution in [0.3, 0.4) is 0 Å². The second-order valence-electron chi connectivity index (χ2n) is 6.71. The highest BCUT2D eigenvalue weighted by molar-refractivity contribution is 7.89. The summed E-state index contributed by atoms with van der Waals surface area (Å²) in [5.74, 6) is -0.0675. The predicted molar refractivity (Wildman–Crippen MR) is 95.9 cm³/mol. The Kier molecular flexibility index (Phi) is 6.09. The summed E-state index contributed by atoms with van der Waals surface area (Å²) >= 11 is 0. The predicted octanol–water partition coefficient (Wildman–Crippen LogP) is 2.76. The average molecular weight is 366 g/mol. The molecule has 0 saturated carbocycles. The molecule has 1 N–H and O–H groups in total. The van der Waals surface area contributed by atoms with Gasteiger partial charge in [0.05, 0.1) is 11.0 Å². The van der Waals surface area contributed by atoms with Gasteiger partial charge in [-0.05, 0) is 56.4 Å². The van der Waals surface area contributed by atoms with Crippen molar-refractivity contribution in [3.8, 4) is 0 Å². The fraction of sp³-hybridized carbons (Fsp3) is 0.611. The molecule has 0 radical (unpaired) electrons. The Labute approximate surface area is 149 Å². The number of hydrogen-bond acceptors (Lipinski definition) is 4. The molecular formula is C18H26N2O4S. The SMILES string of the molecule is O=C(CCC1CCCO1)Nc1ccc(S(=O)(=O)N2CCCCC2)cc1. The highest BCUT2D eigenvalue weighted by Crippen LogP contribution is 2.22. The molecule has 3 rings (SSSR count). The van der Waals surface area contributed by atoms with Crippen LogP contribution in [0, 0.1) is 0 Å². The molecule has 0 aromatic heterocycles. The normalized spacial score (nSPS) is 22.0. The van der Waals surface area contributed by atoms with E-state index in [1.54, 1.807) is 28.6 Å². The van der Waals surface area contributed by atoms with Crippen molar-refractivity contribution in [1.82, 2.24) is 4.31 Å². The Bertz CT molecular complexity index is 676. The standard InChI is InChI=1S/C18H26N2O4S/c21-18(11-8-16-5-4-14-24-16)19-15-6-9-17(10-7-15)25(22,23)20-12-2-1-3-13-20/h6-7,9-10,16H,1-5,8,11-14H2,(H,19,21). The van der Waals surface area contributed by atoms with Crippen molar-refractivity contribution in [1.29, 1.82) is 0 Å². The van der Waals surface area contributed by atoms with E-state index in [1.165, 1.54) is 0 Å². The molecule has 2 heterocycles. The molecule has 6 nitrogen and oxygen atoms in total. The Morgan fingerprint density at radius 3 is 2.48 bits per heavy atom. The Morgan fingerprint density at radius 1 is 1.12 bits per heavy atom. The largest absolute Gasteiger partial charge is 0.378 e. The molecule has 1 amide bonds. The third-order valence-electron chi connectivity index (χ3n) is 4.81. The van der Waals surface area contributed by atoms with E-state index in [9.17, 15) is 13.2 Å². The zero-order valence-corrected chi connectivity index (χ0v) is 15.3. The molecule has 2 aliphatic heterocycles. The zero-order valence-electron chi connectivity index (χ0n) is 14.4. The molecule has 2 aliphatic rings. The maximum atomic E-state index is 12.6. The van der Waals surface area contributed by atoms with E-state index >= 15 is 0 Å². The Morgan fingerprint density at radius 2 is 1.84 bits per heavy atom. The van der Waals surface area contributed by atoms with Gasteiger partial charge in [0.2, 0.25) is 15.9 Å². The fourth-order valence-electron chi connectivity index (χ4n) is 3.35. The quantitative estimate of drug-likeness (QED) is 0.840. The second kappa shape index (κ2) is 8.29. The topological polar surface area (TPSA) is 75.7 Å². The lowest BCUT2D eigenvalue weighted by molar-refractivity contribution is -0.116. The van der Waals surface area contributed by atoms with Gasteiger partial charge in [0.25, 0.3) is 0 Å². The number of nitrogens with zero attached hydrogens (tertiary/aromatic N) is 1. The summed E-state index contributed by atoms with van der Waals surface area (Å²) in [6.45, 7) is 1.97. The van der Waals surface area contributed by atoms with Gasteiger partial charge in [0, 0.05) is 31.8 Å². The van der Waals surface area contributed by atoms with Crippen molar-refractivity contribution in [3.05, 3.63) is 24.3 Å². The lowest BCUT2D eigenvalue weighted by atomic mass is 10.1. The number of sulfonamides is 1. The molecule has 2 fully saturated rings. The van der Waals surface area contributed by atoms with E-state index < -0.39 is 10.0 Å². The summed E-state index contributed by atoms with van der Waals surface area (Å²) in [6, 6.07) is 6.45. The number of ether oxygens (including phenoxy) is 1. The maximum absolute atomic E-state index is 12.6. The summed E-state index contributed by atoms with van der Waals surface area (Å²) in [5.41, 5.74) is 0.620. The first-order chi connectivity index (χ1) is 12.1. The van der Waals surface area contributed by atoms with Gasteiger partial charge in [-0.3, -0.25) is 4.79 Å². The monoisotopic (exact) mass is 366 g/mol. The maximum Gasteiger partial charge on any atom is 0.243 e. The van der Waals surface area contributed by atoms with Crippen molar-refractivity contribution in [2.75, 3.05) is 25.0 Å². The minimum Gasteiger partial charge on any atom is -0.378 e. The number of carbonyl (C=O) groups excluding carboxylic acids is 1. The molecule has 2 saturated heterocycles.